The first kappa shape index (κ1) is 15.5. The monoisotopic (exact) mass is 313 g/mol. The third-order valence-electron chi connectivity index (χ3n) is 4.78. The molecule has 0 saturated heterocycles. The van der Waals surface area contributed by atoms with Crippen molar-refractivity contribution < 1.29 is 4.57 Å². The maximum absolute atomic E-state index is 13.9. The van der Waals surface area contributed by atoms with Crippen molar-refractivity contribution in [2.24, 2.45) is 0 Å². The van der Waals surface area contributed by atoms with Crippen LogP contribution in [0.25, 0.3) is 0 Å². The van der Waals surface area contributed by atoms with Crippen LogP contribution >= 0.6 is 7.14 Å². The molecule has 1 fully saturated rings. The first-order chi connectivity index (χ1) is 10.8. The van der Waals surface area contributed by atoms with Gasteiger partial charge in [0.2, 0.25) is 0 Å². The zero-order valence-corrected chi connectivity index (χ0v) is 13.9. The average Bonchev–Trinajstić information content (AvgIpc) is 2.62. The SMILES string of the molecule is O=[P@](CCc1ccccn1)(c1ccccc1)C1CCCCC1. The highest BCUT2D eigenvalue weighted by atomic mass is 31.2. The summed E-state index contributed by atoms with van der Waals surface area (Å²) in [6.45, 7) is 0. The van der Waals surface area contributed by atoms with Gasteiger partial charge >= 0.3 is 0 Å². The van der Waals surface area contributed by atoms with Crippen LogP contribution in [-0.2, 0) is 11.0 Å². The van der Waals surface area contributed by atoms with Crippen molar-refractivity contribution in [3.8, 4) is 0 Å². The fourth-order valence-corrected chi connectivity index (χ4v) is 7.01. The van der Waals surface area contributed by atoms with Crippen molar-refractivity contribution in [3.63, 3.8) is 0 Å². The molecule has 0 radical (unpaired) electrons. The molecular formula is C19H24NOP. The molecule has 0 unspecified atom stereocenters. The molecule has 1 saturated carbocycles. The Labute approximate surface area is 133 Å². The van der Waals surface area contributed by atoms with Gasteiger partial charge in [0.25, 0.3) is 0 Å². The summed E-state index contributed by atoms with van der Waals surface area (Å²) in [5, 5.41) is 1.07. The second-order valence-corrected chi connectivity index (χ2v) is 9.50. The predicted octanol–water partition coefficient (Wildman–Crippen LogP) is 4.65. The zero-order valence-electron chi connectivity index (χ0n) is 13.0. The highest BCUT2D eigenvalue weighted by Crippen LogP contribution is 2.54. The molecule has 1 heterocycles. The molecule has 1 aromatic carbocycles. The van der Waals surface area contributed by atoms with Gasteiger partial charge in [-0.05, 0) is 31.4 Å². The van der Waals surface area contributed by atoms with Crippen LogP contribution in [0.5, 0.6) is 0 Å². The summed E-state index contributed by atoms with van der Waals surface area (Å²) in [4.78, 5) is 4.40. The van der Waals surface area contributed by atoms with Crippen LogP contribution in [0.4, 0.5) is 0 Å². The lowest BCUT2D eigenvalue weighted by molar-refractivity contribution is 0.486. The minimum atomic E-state index is -2.35. The first-order valence-electron chi connectivity index (χ1n) is 8.33. The van der Waals surface area contributed by atoms with Crippen LogP contribution in [0.3, 0.4) is 0 Å². The van der Waals surface area contributed by atoms with Crippen molar-refractivity contribution in [1.29, 1.82) is 0 Å². The van der Waals surface area contributed by atoms with Crippen LogP contribution in [0.2, 0.25) is 0 Å². The van der Waals surface area contributed by atoms with Gasteiger partial charge < -0.3 is 4.57 Å². The zero-order chi connectivity index (χ0) is 15.3. The van der Waals surface area contributed by atoms with E-state index in [4.69, 9.17) is 0 Å². The van der Waals surface area contributed by atoms with Gasteiger partial charge in [-0.2, -0.15) is 0 Å². The van der Waals surface area contributed by atoms with Crippen molar-refractivity contribution >= 4 is 12.4 Å². The van der Waals surface area contributed by atoms with Gasteiger partial charge in [0.05, 0.1) is 0 Å². The molecule has 0 N–H and O–H groups in total. The van der Waals surface area contributed by atoms with Gasteiger partial charge in [-0.3, -0.25) is 4.98 Å². The van der Waals surface area contributed by atoms with Crippen molar-refractivity contribution in [1.82, 2.24) is 4.98 Å². The number of nitrogens with zero attached hydrogens (tertiary/aromatic N) is 1. The third kappa shape index (κ3) is 3.50. The van der Waals surface area contributed by atoms with Crippen molar-refractivity contribution in [2.45, 2.75) is 44.2 Å². The van der Waals surface area contributed by atoms with Crippen molar-refractivity contribution in [3.05, 3.63) is 60.4 Å². The lowest BCUT2D eigenvalue weighted by Gasteiger charge is -2.31. The molecule has 0 amide bonds. The Morgan fingerprint density at radius 2 is 1.68 bits per heavy atom. The molecule has 2 aromatic rings. The number of hydrogen-bond acceptors (Lipinski definition) is 2. The van der Waals surface area contributed by atoms with Gasteiger partial charge in [0.15, 0.2) is 0 Å². The molecular weight excluding hydrogens is 289 g/mol. The number of hydrogen-bond donors (Lipinski definition) is 0. The Kier molecular flexibility index (Phi) is 5.10. The quantitative estimate of drug-likeness (QED) is 0.752. The van der Waals surface area contributed by atoms with E-state index in [2.05, 4.69) is 17.1 Å². The summed E-state index contributed by atoms with van der Waals surface area (Å²) in [5.74, 6) is 0. The second kappa shape index (κ2) is 7.24. The fourth-order valence-electron chi connectivity index (χ4n) is 3.53. The van der Waals surface area contributed by atoms with Crippen LogP contribution in [0.15, 0.2) is 54.7 Å². The van der Waals surface area contributed by atoms with Gasteiger partial charge in [-0.1, -0.05) is 55.7 Å². The fraction of sp³-hybridized carbons (Fsp3) is 0.421. The summed E-state index contributed by atoms with van der Waals surface area (Å²) in [7, 11) is -2.35. The number of pyridine rings is 1. The molecule has 0 bridgehead atoms. The summed E-state index contributed by atoms with van der Waals surface area (Å²) in [5.41, 5.74) is 1.42. The van der Waals surface area contributed by atoms with E-state index < -0.39 is 7.14 Å². The topological polar surface area (TPSA) is 30.0 Å². The Bertz CT molecular complexity index is 620. The lowest BCUT2D eigenvalue weighted by Crippen LogP contribution is -2.23. The van der Waals surface area contributed by atoms with Crippen molar-refractivity contribution in [2.75, 3.05) is 6.16 Å². The molecule has 22 heavy (non-hydrogen) atoms. The van der Waals surface area contributed by atoms with E-state index >= 15 is 0 Å². The van der Waals surface area contributed by atoms with Crippen LogP contribution in [0, 0.1) is 0 Å². The molecule has 1 atom stereocenters. The maximum Gasteiger partial charge on any atom is 0.118 e. The second-order valence-electron chi connectivity index (χ2n) is 6.22. The highest BCUT2D eigenvalue weighted by molar-refractivity contribution is 7.72. The lowest BCUT2D eigenvalue weighted by atomic mass is 10.0. The van der Waals surface area contributed by atoms with E-state index in [1.807, 2.05) is 42.6 Å². The number of rotatable bonds is 5. The van der Waals surface area contributed by atoms with Crippen LogP contribution in [-0.4, -0.2) is 16.8 Å². The summed E-state index contributed by atoms with van der Waals surface area (Å²) < 4.78 is 13.9. The maximum atomic E-state index is 13.9. The molecule has 2 nitrogen and oxygen atoms in total. The molecule has 1 aromatic heterocycles. The smallest absolute Gasteiger partial charge is 0.118 e. The minimum absolute atomic E-state index is 0.368. The third-order valence-corrected chi connectivity index (χ3v) is 8.54. The molecule has 0 spiro atoms. The molecule has 3 heteroatoms. The minimum Gasteiger partial charge on any atom is -0.318 e. The van der Waals surface area contributed by atoms with Crippen LogP contribution in [0.1, 0.15) is 37.8 Å². The van der Waals surface area contributed by atoms with E-state index in [0.717, 1.165) is 36.4 Å². The molecule has 0 aliphatic heterocycles. The molecule has 1 aliphatic rings. The molecule has 1 aliphatic carbocycles. The van der Waals surface area contributed by atoms with E-state index in [1.165, 1.54) is 19.3 Å². The molecule has 3 rings (SSSR count). The number of aryl methyl sites for hydroxylation is 1. The number of aromatic nitrogens is 1. The van der Waals surface area contributed by atoms with E-state index in [9.17, 15) is 4.57 Å². The predicted molar refractivity (Wildman–Crippen MR) is 93.4 cm³/mol. The standard InChI is InChI=1S/C19H24NOP/c21-22(18-10-3-1-4-11-18,19-12-5-2-6-13-19)16-14-17-9-7-8-15-20-17/h1,3-4,7-11,15,19H,2,5-6,12-14,16H2/t22-/m1/s1. The summed E-state index contributed by atoms with van der Waals surface area (Å²) in [6.07, 6.45) is 9.37. The van der Waals surface area contributed by atoms with Gasteiger partial charge in [-0.15, -0.1) is 0 Å². The average molecular weight is 313 g/mol. The Morgan fingerprint density at radius 3 is 2.36 bits per heavy atom. The highest BCUT2D eigenvalue weighted by Gasteiger charge is 2.35. The van der Waals surface area contributed by atoms with Gasteiger partial charge in [0.1, 0.15) is 7.14 Å². The van der Waals surface area contributed by atoms with E-state index in [-0.39, 0.29) is 0 Å². The summed E-state index contributed by atoms with van der Waals surface area (Å²) >= 11 is 0. The van der Waals surface area contributed by atoms with Gasteiger partial charge in [-0.25, -0.2) is 0 Å². The van der Waals surface area contributed by atoms with E-state index in [1.54, 1.807) is 0 Å². The number of benzene rings is 1. The van der Waals surface area contributed by atoms with Gasteiger partial charge in [0, 0.05) is 29.0 Å². The summed E-state index contributed by atoms with van der Waals surface area (Å²) in [6, 6.07) is 16.2. The normalized spacial score (nSPS) is 18.7. The van der Waals surface area contributed by atoms with Crippen LogP contribution < -0.4 is 5.30 Å². The molecule has 116 valence electrons. The first-order valence-corrected chi connectivity index (χ1v) is 10.3. The Hall–Kier alpha value is -1.40. The Balaban J connectivity index is 1.84. The largest absolute Gasteiger partial charge is 0.318 e. The van der Waals surface area contributed by atoms with E-state index in [0.29, 0.717) is 5.66 Å². The Morgan fingerprint density at radius 1 is 0.955 bits per heavy atom.